The summed E-state index contributed by atoms with van der Waals surface area (Å²) in [6.45, 7) is 8.25. The Labute approximate surface area is 92.3 Å². The normalized spacial score (nSPS) is 19.3. The Balaban J connectivity index is 0.000000531. The third-order valence-corrected chi connectivity index (χ3v) is 2.31. The summed E-state index contributed by atoms with van der Waals surface area (Å²) >= 11 is 0. The van der Waals surface area contributed by atoms with Crippen molar-refractivity contribution in [2.24, 2.45) is 0 Å². The van der Waals surface area contributed by atoms with E-state index in [1.807, 2.05) is 26.2 Å². The van der Waals surface area contributed by atoms with Crippen LogP contribution in [0.4, 0.5) is 5.69 Å². The van der Waals surface area contributed by atoms with E-state index in [2.05, 4.69) is 28.6 Å². The van der Waals surface area contributed by atoms with Crippen LogP contribution in [0.15, 0.2) is 18.5 Å². The van der Waals surface area contributed by atoms with Crippen molar-refractivity contribution < 1.29 is 0 Å². The fourth-order valence-corrected chi connectivity index (χ4v) is 1.65. The molecular weight excluding hydrogens is 186 g/mol. The predicted molar refractivity (Wildman–Crippen MR) is 65.2 cm³/mol. The fraction of sp³-hybridized carbons (Fsp3) is 0.583. The Morgan fingerprint density at radius 3 is 2.80 bits per heavy atom. The van der Waals surface area contributed by atoms with Gasteiger partial charge in [-0.3, -0.25) is 4.98 Å². The maximum atomic E-state index is 4.14. The highest BCUT2D eigenvalue weighted by molar-refractivity contribution is 5.43. The van der Waals surface area contributed by atoms with Gasteiger partial charge < -0.3 is 10.6 Å². The number of pyridine rings is 1. The molecule has 3 nitrogen and oxygen atoms in total. The molecule has 0 spiro atoms. The molecule has 0 saturated carbocycles. The molecule has 1 aromatic rings. The van der Waals surface area contributed by atoms with Crippen molar-refractivity contribution in [1.29, 1.82) is 0 Å². The van der Waals surface area contributed by atoms with Gasteiger partial charge in [-0.2, -0.15) is 0 Å². The number of rotatable bonds is 2. The Bertz CT molecular complexity index is 280. The largest absolute Gasteiger partial charge is 0.380 e. The number of anilines is 1. The number of hydrogen-bond donors (Lipinski definition) is 2. The minimum Gasteiger partial charge on any atom is -0.380 e. The zero-order chi connectivity index (χ0) is 11.1. The monoisotopic (exact) mass is 207 g/mol. The van der Waals surface area contributed by atoms with Gasteiger partial charge in [-0.25, -0.2) is 0 Å². The van der Waals surface area contributed by atoms with Crippen LogP contribution >= 0.6 is 0 Å². The summed E-state index contributed by atoms with van der Waals surface area (Å²) in [7, 11) is 0. The summed E-state index contributed by atoms with van der Waals surface area (Å²) in [6, 6.07) is 2.70. The summed E-state index contributed by atoms with van der Waals surface area (Å²) in [5.41, 5.74) is 2.34. The molecule has 0 amide bonds. The van der Waals surface area contributed by atoms with Crippen LogP contribution < -0.4 is 10.6 Å². The summed E-state index contributed by atoms with van der Waals surface area (Å²) in [5.74, 6) is 0. The van der Waals surface area contributed by atoms with Gasteiger partial charge in [-0.15, -0.1) is 0 Å². The van der Waals surface area contributed by atoms with Crippen LogP contribution in [0, 0.1) is 6.92 Å². The first-order valence-corrected chi connectivity index (χ1v) is 5.73. The van der Waals surface area contributed by atoms with Crippen LogP contribution in [0.2, 0.25) is 0 Å². The van der Waals surface area contributed by atoms with Gasteiger partial charge in [0.25, 0.3) is 0 Å². The van der Waals surface area contributed by atoms with Crippen molar-refractivity contribution in [3.8, 4) is 0 Å². The molecule has 15 heavy (non-hydrogen) atoms. The number of nitrogens with zero attached hydrogens (tertiary/aromatic N) is 1. The van der Waals surface area contributed by atoms with Crippen LogP contribution in [-0.2, 0) is 0 Å². The maximum Gasteiger partial charge on any atom is 0.0531 e. The minimum atomic E-state index is 0.573. The highest BCUT2D eigenvalue weighted by Gasteiger charge is 2.13. The molecule has 1 fully saturated rings. The minimum absolute atomic E-state index is 0.573. The topological polar surface area (TPSA) is 37.0 Å². The number of aryl methyl sites for hydroxylation is 1. The van der Waals surface area contributed by atoms with Crippen molar-refractivity contribution in [2.75, 3.05) is 18.4 Å². The van der Waals surface area contributed by atoms with E-state index < -0.39 is 0 Å². The molecule has 84 valence electrons. The van der Waals surface area contributed by atoms with Gasteiger partial charge in [0.1, 0.15) is 0 Å². The highest BCUT2D eigenvalue weighted by atomic mass is 15.0. The molecule has 1 atom stereocenters. The lowest BCUT2D eigenvalue weighted by Gasteiger charge is -2.12. The molecule has 0 radical (unpaired) electrons. The summed E-state index contributed by atoms with van der Waals surface area (Å²) < 4.78 is 0. The molecule has 1 saturated heterocycles. The SMILES string of the molecule is CC.Cc1cncc(NC2CCNC2)c1. The van der Waals surface area contributed by atoms with Gasteiger partial charge in [-0.1, -0.05) is 13.8 Å². The molecule has 1 aliphatic heterocycles. The van der Waals surface area contributed by atoms with E-state index in [1.54, 1.807) is 0 Å². The smallest absolute Gasteiger partial charge is 0.0531 e. The van der Waals surface area contributed by atoms with Gasteiger partial charge in [0.05, 0.1) is 5.69 Å². The second kappa shape index (κ2) is 6.40. The van der Waals surface area contributed by atoms with Crippen LogP contribution in [0.5, 0.6) is 0 Å². The van der Waals surface area contributed by atoms with Gasteiger partial charge >= 0.3 is 0 Å². The molecule has 1 aromatic heterocycles. The molecule has 0 aromatic carbocycles. The average Bonchev–Trinajstić information content (AvgIpc) is 2.74. The number of hydrogen-bond acceptors (Lipinski definition) is 3. The Morgan fingerprint density at radius 2 is 2.20 bits per heavy atom. The lowest BCUT2D eigenvalue weighted by Crippen LogP contribution is -2.22. The first kappa shape index (κ1) is 12.0. The lowest BCUT2D eigenvalue weighted by molar-refractivity contribution is 0.792. The third kappa shape index (κ3) is 3.88. The molecule has 2 N–H and O–H groups in total. The summed E-state index contributed by atoms with van der Waals surface area (Å²) in [4.78, 5) is 4.14. The fourth-order valence-electron chi connectivity index (χ4n) is 1.65. The maximum absolute atomic E-state index is 4.14. The Kier molecular flexibility index (Phi) is 5.12. The Morgan fingerprint density at radius 1 is 1.40 bits per heavy atom. The zero-order valence-corrected chi connectivity index (χ0v) is 9.88. The van der Waals surface area contributed by atoms with Crippen LogP contribution in [0.1, 0.15) is 25.8 Å². The zero-order valence-electron chi connectivity index (χ0n) is 9.88. The lowest BCUT2D eigenvalue weighted by atomic mass is 10.2. The van der Waals surface area contributed by atoms with Gasteiger partial charge in [0.15, 0.2) is 0 Å². The first-order chi connectivity index (χ1) is 7.34. The molecule has 0 bridgehead atoms. The highest BCUT2D eigenvalue weighted by Crippen LogP contribution is 2.11. The van der Waals surface area contributed by atoms with E-state index in [9.17, 15) is 0 Å². The quantitative estimate of drug-likeness (QED) is 0.780. The van der Waals surface area contributed by atoms with Crippen molar-refractivity contribution in [2.45, 2.75) is 33.2 Å². The average molecular weight is 207 g/mol. The van der Waals surface area contributed by atoms with Crippen molar-refractivity contribution in [3.05, 3.63) is 24.0 Å². The number of nitrogens with one attached hydrogen (secondary N) is 2. The van der Waals surface area contributed by atoms with E-state index in [1.165, 1.54) is 12.0 Å². The van der Waals surface area contributed by atoms with Crippen molar-refractivity contribution in [3.63, 3.8) is 0 Å². The van der Waals surface area contributed by atoms with Crippen molar-refractivity contribution >= 4 is 5.69 Å². The van der Waals surface area contributed by atoms with E-state index >= 15 is 0 Å². The van der Waals surface area contributed by atoms with Gasteiger partial charge in [0, 0.05) is 25.0 Å². The second-order valence-corrected chi connectivity index (χ2v) is 3.59. The van der Waals surface area contributed by atoms with E-state index in [-0.39, 0.29) is 0 Å². The van der Waals surface area contributed by atoms with Crippen LogP contribution in [0.25, 0.3) is 0 Å². The van der Waals surface area contributed by atoms with E-state index in [0.717, 1.165) is 18.8 Å². The van der Waals surface area contributed by atoms with Crippen LogP contribution in [-0.4, -0.2) is 24.1 Å². The molecule has 2 rings (SSSR count). The number of aromatic nitrogens is 1. The Hall–Kier alpha value is -1.09. The summed E-state index contributed by atoms with van der Waals surface area (Å²) in [6.07, 6.45) is 4.96. The first-order valence-electron chi connectivity index (χ1n) is 5.73. The van der Waals surface area contributed by atoms with Crippen LogP contribution in [0.3, 0.4) is 0 Å². The van der Waals surface area contributed by atoms with E-state index in [0.29, 0.717) is 6.04 Å². The molecular formula is C12H21N3. The molecule has 1 unspecified atom stereocenters. The van der Waals surface area contributed by atoms with Crippen molar-refractivity contribution in [1.82, 2.24) is 10.3 Å². The van der Waals surface area contributed by atoms with Gasteiger partial charge in [-0.05, 0) is 31.5 Å². The van der Waals surface area contributed by atoms with E-state index in [4.69, 9.17) is 0 Å². The molecule has 0 aliphatic carbocycles. The standard InChI is InChI=1S/C10H15N3.C2H6/c1-8-4-10(7-12-5-8)13-9-2-3-11-6-9;1-2/h4-5,7,9,11,13H,2-3,6H2,1H3;1-2H3. The van der Waals surface area contributed by atoms with Gasteiger partial charge in [0.2, 0.25) is 0 Å². The molecule has 2 heterocycles. The second-order valence-electron chi connectivity index (χ2n) is 3.59. The predicted octanol–water partition coefficient (Wildman–Crippen LogP) is 2.19. The molecule has 1 aliphatic rings. The molecule has 3 heteroatoms. The summed E-state index contributed by atoms with van der Waals surface area (Å²) in [5, 5.41) is 6.78. The third-order valence-electron chi connectivity index (χ3n) is 2.31.